The van der Waals surface area contributed by atoms with Gasteiger partial charge in [-0.15, -0.1) is 0 Å². The Kier molecular flexibility index (Phi) is 8.12. The van der Waals surface area contributed by atoms with Gasteiger partial charge >= 0.3 is 0 Å². The Bertz CT molecular complexity index is 1430. The lowest BCUT2D eigenvalue weighted by molar-refractivity contribution is 0.262. The van der Waals surface area contributed by atoms with Crippen LogP contribution in [0.3, 0.4) is 0 Å². The third-order valence-electron chi connectivity index (χ3n) is 8.66. The van der Waals surface area contributed by atoms with Gasteiger partial charge in [0, 0.05) is 23.9 Å². The molecule has 6 rings (SSSR count). The first-order valence-electron chi connectivity index (χ1n) is 14.2. The number of likely N-dealkylation sites (N-methyl/N-ethyl adjacent to an activating group) is 1. The number of hydrogen-bond acceptors (Lipinski definition) is 2. The van der Waals surface area contributed by atoms with Crippen LogP contribution >= 0.6 is 0 Å². The highest BCUT2D eigenvalue weighted by molar-refractivity contribution is 5.84. The molecule has 2 atom stereocenters. The molecular weight excluding hydrogens is 460 g/mol. The quantitative estimate of drug-likeness (QED) is 0.279. The molecule has 0 amide bonds. The van der Waals surface area contributed by atoms with Gasteiger partial charge in [0.2, 0.25) is 0 Å². The molecule has 0 aromatic heterocycles. The molecule has 2 aliphatic carbocycles. The summed E-state index contributed by atoms with van der Waals surface area (Å²) < 4.78 is 0. The van der Waals surface area contributed by atoms with E-state index in [4.69, 9.17) is 5.73 Å². The maximum Gasteiger partial charge on any atom is 0.0118 e. The number of rotatable bonds is 5. The van der Waals surface area contributed by atoms with Crippen LogP contribution in [0.2, 0.25) is 0 Å². The van der Waals surface area contributed by atoms with Crippen molar-refractivity contribution in [2.24, 2.45) is 5.73 Å². The molecule has 2 N–H and O–H groups in total. The fourth-order valence-corrected chi connectivity index (χ4v) is 6.48. The van der Waals surface area contributed by atoms with Crippen LogP contribution in [-0.2, 0) is 10.8 Å². The highest BCUT2D eigenvalue weighted by atomic mass is 15.1. The third kappa shape index (κ3) is 5.62. The standard InChI is InChI=1S/C19H23N.C17H19N/c1-20(2)15-19(12-6-3-7-13-19)18-11-10-16-8-4-5-9-17(16)14-18;18-13-17(10-4-1-5-11-17)16-9-8-14-6-2-3-7-15(14)12-16/h3-6,8-11,14H,7,12-13,15H2,1-2H3;1-4,6-9,12H,5,10-11,13,18H2/t19-;17-/m11/s1. The van der Waals surface area contributed by atoms with Crippen LogP contribution < -0.4 is 5.73 Å². The molecule has 0 heterocycles. The van der Waals surface area contributed by atoms with Gasteiger partial charge in [-0.1, -0.05) is 109 Å². The summed E-state index contributed by atoms with van der Waals surface area (Å²) in [5.41, 5.74) is 9.40. The first-order chi connectivity index (χ1) is 18.5. The van der Waals surface area contributed by atoms with Crippen molar-refractivity contribution in [3.8, 4) is 0 Å². The first kappa shape index (κ1) is 26.4. The van der Waals surface area contributed by atoms with E-state index in [0.717, 1.165) is 32.4 Å². The van der Waals surface area contributed by atoms with Crippen LogP contribution in [0.15, 0.2) is 109 Å². The third-order valence-corrected chi connectivity index (χ3v) is 8.66. The zero-order chi connectivity index (χ0) is 26.4. The van der Waals surface area contributed by atoms with Crippen LogP contribution in [0.4, 0.5) is 0 Å². The normalized spacial score (nSPS) is 22.9. The molecule has 0 unspecified atom stereocenters. The van der Waals surface area contributed by atoms with Crippen molar-refractivity contribution < 1.29 is 0 Å². The molecule has 2 nitrogen and oxygen atoms in total. The minimum absolute atomic E-state index is 0.152. The van der Waals surface area contributed by atoms with Crippen LogP contribution in [0.5, 0.6) is 0 Å². The van der Waals surface area contributed by atoms with Crippen LogP contribution in [-0.4, -0.2) is 32.1 Å². The topological polar surface area (TPSA) is 29.3 Å². The average Bonchev–Trinajstić information content (AvgIpc) is 2.97. The van der Waals surface area contributed by atoms with Crippen molar-refractivity contribution in [1.29, 1.82) is 0 Å². The number of hydrogen-bond donors (Lipinski definition) is 1. The number of fused-ring (bicyclic) bond motifs is 2. The van der Waals surface area contributed by atoms with Crippen LogP contribution in [0.25, 0.3) is 21.5 Å². The maximum absolute atomic E-state index is 6.08. The summed E-state index contributed by atoms with van der Waals surface area (Å²) in [4.78, 5) is 2.33. The van der Waals surface area contributed by atoms with Gasteiger partial charge in [-0.25, -0.2) is 0 Å². The van der Waals surface area contributed by atoms with Crippen molar-refractivity contribution >= 4 is 21.5 Å². The van der Waals surface area contributed by atoms with Gasteiger partial charge in [-0.3, -0.25) is 0 Å². The minimum Gasteiger partial charge on any atom is -0.330 e. The molecule has 0 fully saturated rings. The van der Waals surface area contributed by atoms with E-state index >= 15 is 0 Å². The molecule has 0 aliphatic heterocycles. The highest BCUT2D eigenvalue weighted by Gasteiger charge is 2.33. The fraction of sp³-hybridized carbons (Fsp3) is 0.333. The van der Waals surface area contributed by atoms with Crippen LogP contribution in [0, 0.1) is 0 Å². The average molecular weight is 503 g/mol. The summed E-state index contributed by atoms with van der Waals surface area (Å²) in [7, 11) is 4.36. The Hall–Kier alpha value is -3.20. The predicted molar refractivity (Wildman–Crippen MR) is 165 cm³/mol. The summed E-state index contributed by atoms with van der Waals surface area (Å²) >= 11 is 0. The Morgan fingerprint density at radius 2 is 1.08 bits per heavy atom. The van der Waals surface area contributed by atoms with Gasteiger partial charge in [-0.05, 0) is 85.3 Å². The van der Waals surface area contributed by atoms with Gasteiger partial charge < -0.3 is 10.6 Å². The molecule has 0 bridgehead atoms. The highest BCUT2D eigenvalue weighted by Crippen LogP contribution is 2.39. The Morgan fingerprint density at radius 1 is 0.605 bits per heavy atom. The Balaban J connectivity index is 0.000000156. The molecule has 4 aromatic rings. The van der Waals surface area contributed by atoms with E-state index in [0.29, 0.717) is 0 Å². The molecule has 38 heavy (non-hydrogen) atoms. The van der Waals surface area contributed by atoms with E-state index in [2.05, 4.69) is 128 Å². The Labute approximate surface area is 228 Å². The SMILES string of the molecule is CN(C)C[C@@]1(c2ccc3ccccc3c2)CC=CCC1.NC[C@@]1(c2ccc3ccccc3c2)CC=CCC1. The lowest BCUT2D eigenvalue weighted by Gasteiger charge is -2.38. The van der Waals surface area contributed by atoms with E-state index < -0.39 is 0 Å². The maximum atomic E-state index is 6.08. The first-order valence-corrected chi connectivity index (χ1v) is 14.2. The molecular formula is C36H42N2. The number of nitrogens with zero attached hydrogens (tertiary/aromatic N) is 1. The largest absolute Gasteiger partial charge is 0.330 e. The van der Waals surface area contributed by atoms with E-state index in [9.17, 15) is 0 Å². The number of nitrogens with two attached hydrogens (primary N) is 1. The number of benzene rings is 4. The van der Waals surface area contributed by atoms with Crippen molar-refractivity contribution in [2.45, 2.75) is 49.4 Å². The molecule has 2 aliphatic rings. The van der Waals surface area contributed by atoms with Crippen molar-refractivity contribution in [3.63, 3.8) is 0 Å². The van der Waals surface area contributed by atoms with Gasteiger partial charge in [-0.2, -0.15) is 0 Å². The zero-order valence-corrected chi connectivity index (χ0v) is 23.1. The van der Waals surface area contributed by atoms with Gasteiger partial charge in [0.1, 0.15) is 0 Å². The van der Waals surface area contributed by atoms with Crippen molar-refractivity contribution in [3.05, 3.63) is 120 Å². The summed E-state index contributed by atoms with van der Waals surface area (Å²) in [6.45, 7) is 1.85. The summed E-state index contributed by atoms with van der Waals surface area (Å²) in [6, 6.07) is 31.0. The van der Waals surface area contributed by atoms with Crippen molar-refractivity contribution in [2.75, 3.05) is 27.2 Å². The summed E-state index contributed by atoms with van der Waals surface area (Å²) in [6.07, 6.45) is 16.2. The van der Waals surface area contributed by atoms with E-state index in [-0.39, 0.29) is 10.8 Å². The van der Waals surface area contributed by atoms with E-state index in [1.807, 2.05) is 0 Å². The smallest absolute Gasteiger partial charge is 0.0118 e. The molecule has 0 radical (unpaired) electrons. The molecule has 2 heteroatoms. The number of allylic oxidation sites excluding steroid dienone is 4. The molecule has 0 spiro atoms. The molecule has 4 aromatic carbocycles. The van der Waals surface area contributed by atoms with Gasteiger partial charge in [0.25, 0.3) is 0 Å². The fourth-order valence-electron chi connectivity index (χ4n) is 6.48. The summed E-state index contributed by atoms with van der Waals surface area (Å²) in [5, 5.41) is 5.32. The van der Waals surface area contributed by atoms with Gasteiger partial charge in [0.15, 0.2) is 0 Å². The zero-order valence-electron chi connectivity index (χ0n) is 23.1. The second-order valence-electron chi connectivity index (χ2n) is 11.6. The summed E-state index contributed by atoms with van der Waals surface area (Å²) in [5.74, 6) is 0. The molecule has 0 saturated heterocycles. The molecule has 196 valence electrons. The van der Waals surface area contributed by atoms with Gasteiger partial charge in [0.05, 0.1) is 0 Å². The minimum atomic E-state index is 0.152. The Morgan fingerprint density at radius 3 is 1.53 bits per heavy atom. The molecule has 0 saturated carbocycles. The van der Waals surface area contributed by atoms with Crippen LogP contribution in [0.1, 0.15) is 49.7 Å². The lowest BCUT2D eigenvalue weighted by Crippen LogP contribution is -2.38. The van der Waals surface area contributed by atoms with E-state index in [1.165, 1.54) is 51.9 Å². The predicted octanol–water partition coefficient (Wildman–Crippen LogP) is 8.16. The lowest BCUT2D eigenvalue weighted by atomic mass is 9.71. The second-order valence-corrected chi connectivity index (χ2v) is 11.6. The van der Waals surface area contributed by atoms with Crippen molar-refractivity contribution in [1.82, 2.24) is 4.90 Å². The second kappa shape index (κ2) is 11.7. The van der Waals surface area contributed by atoms with E-state index in [1.54, 1.807) is 0 Å². The monoisotopic (exact) mass is 502 g/mol.